The van der Waals surface area contributed by atoms with Crippen molar-refractivity contribution in [3.8, 4) is 0 Å². The molecule has 0 unspecified atom stereocenters. The van der Waals surface area contributed by atoms with Crippen molar-refractivity contribution < 1.29 is 9.59 Å². The summed E-state index contributed by atoms with van der Waals surface area (Å²) in [4.78, 5) is 26.3. The number of aromatic nitrogens is 1. The highest BCUT2D eigenvalue weighted by molar-refractivity contribution is 5.98. The predicted octanol–water partition coefficient (Wildman–Crippen LogP) is 3.47. The van der Waals surface area contributed by atoms with Gasteiger partial charge in [-0.15, -0.1) is 0 Å². The lowest BCUT2D eigenvalue weighted by molar-refractivity contribution is -0.134. The second-order valence-corrected chi connectivity index (χ2v) is 6.92. The molecular weight excluding hydrogens is 288 g/mol. The van der Waals surface area contributed by atoms with Gasteiger partial charge in [-0.25, -0.2) is 0 Å². The number of hydrogen-bond acceptors (Lipinski definition) is 2. The number of fused-ring (bicyclic) bond motifs is 2. The van der Waals surface area contributed by atoms with Crippen LogP contribution in [0.25, 0.3) is 10.9 Å². The van der Waals surface area contributed by atoms with Crippen molar-refractivity contribution in [2.24, 2.45) is 5.92 Å². The van der Waals surface area contributed by atoms with E-state index < -0.39 is 0 Å². The van der Waals surface area contributed by atoms with Crippen molar-refractivity contribution in [2.45, 2.75) is 46.1 Å². The van der Waals surface area contributed by atoms with Crippen LogP contribution < -0.4 is 0 Å². The van der Waals surface area contributed by atoms with Crippen molar-refractivity contribution in [3.63, 3.8) is 0 Å². The van der Waals surface area contributed by atoms with Crippen LogP contribution in [0.1, 0.15) is 54.3 Å². The molecular formula is C19H22N2O2. The standard InChI is InChI=1S/C19H22N2O2/c1-11-16-10-14-6-5-9-20(12(2)22)19(14)15-7-4-8-17(18(15)16)21(11)13(3)23/h4,7-8,14,19H,5-6,9-10H2,1-3H3/t14-,19-/m1/s1. The summed E-state index contributed by atoms with van der Waals surface area (Å²) in [6.45, 7) is 6.18. The fourth-order valence-corrected chi connectivity index (χ4v) is 4.80. The highest BCUT2D eigenvalue weighted by atomic mass is 16.2. The van der Waals surface area contributed by atoms with Crippen LogP contribution in [0.4, 0.5) is 0 Å². The van der Waals surface area contributed by atoms with Crippen LogP contribution in [0.15, 0.2) is 18.2 Å². The van der Waals surface area contributed by atoms with E-state index in [0.717, 1.165) is 37.0 Å². The van der Waals surface area contributed by atoms with Gasteiger partial charge < -0.3 is 4.90 Å². The Labute approximate surface area is 136 Å². The molecule has 1 saturated heterocycles. The van der Waals surface area contributed by atoms with E-state index in [9.17, 15) is 9.59 Å². The summed E-state index contributed by atoms with van der Waals surface area (Å²) in [5.74, 6) is 0.680. The summed E-state index contributed by atoms with van der Waals surface area (Å²) in [7, 11) is 0. The Balaban J connectivity index is 2.01. The number of likely N-dealkylation sites (tertiary alicyclic amines) is 1. The summed E-state index contributed by atoms with van der Waals surface area (Å²) in [5.41, 5.74) is 4.59. The highest BCUT2D eigenvalue weighted by Gasteiger charge is 2.40. The first-order valence-corrected chi connectivity index (χ1v) is 8.41. The second-order valence-electron chi connectivity index (χ2n) is 6.92. The Bertz CT molecular complexity index is 833. The third kappa shape index (κ3) is 1.90. The van der Waals surface area contributed by atoms with E-state index in [1.165, 1.54) is 16.5 Å². The molecule has 2 aromatic rings. The Morgan fingerprint density at radius 1 is 1.17 bits per heavy atom. The lowest BCUT2D eigenvalue weighted by Crippen LogP contribution is -2.43. The number of carbonyl (C=O) groups is 2. The summed E-state index contributed by atoms with van der Waals surface area (Å²) < 4.78 is 1.84. The zero-order valence-electron chi connectivity index (χ0n) is 13.9. The first-order valence-electron chi connectivity index (χ1n) is 8.41. The van der Waals surface area contributed by atoms with Crippen molar-refractivity contribution in [3.05, 3.63) is 35.0 Å². The van der Waals surface area contributed by atoms with Gasteiger partial charge in [0.05, 0.1) is 11.6 Å². The lowest BCUT2D eigenvalue weighted by Gasteiger charge is -2.44. The Morgan fingerprint density at radius 3 is 2.65 bits per heavy atom. The molecule has 4 heteroatoms. The zero-order valence-corrected chi connectivity index (χ0v) is 13.9. The Morgan fingerprint density at radius 2 is 1.96 bits per heavy atom. The molecule has 1 aliphatic heterocycles. The van der Waals surface area contributed by atoms with Gasteiger partial charge in [-0.05, 0) is 49.3 Å². The van der Waals surface area contributed by atoms with Crippen LogP contribution in [0.5, 0.6) is 0 Å². The minimum Gasteiger partial charge on any atom is -0.336 e. The molecule has 1 aliphatic carbocycles. The maximum absolute atomic E-state index is 12.1. The smallest absolute Gasteiger partial charge is 0.228 e. The van der Waals surface area contributed by atoms with E-state index in [0.29, 0.717) is 5.92 Å². The van der Waals surface area contributed by atoms with Crippen molar-refractivity contribution >= 4 is 22.7 Å². The molecule has 0 radical (unpaired) electrons. The first kappa shape index (κ1) is 14.5. The zero-order chi connectivity index (χ0) is 16.3. The molecule has 1 amide bonds. The Kier molecular flexibility index (Phi) is 3.12. The van der Waals surface area contributed by atoms with E-state index in [2.05, 4.69) is 6.07 Å². The average Bonchev–Trinajstić information content (AvgIpc) is 2.80. The number of carbonyl (C=O) groups excluding carboxylic acids is 2. The van der Waals surface area contributed by atoms with Crippen LogP contribution in [0, 0.1) is 12.8 Å². The van der Waals surface area contributed by atoms with Gasteiger partial charge in [-0.1, -0.05) is 12.1 Å². The third-order valence-electron chi connectivity index (χ3n) is 5.65. The number of benzene rings is 1. The van der Waals surface area contributed by atoms with Crippen molar-refractivity contribution in [2.75, 3.05) is 6.54 Å². The van der Waals surface area contributed by atoms with Crippen molar-refractivity contribution in [1.29, 1.82) is 0 Å². The molecule has 0 saturated carbocycles. The molecule has 1 aromatic heterocycles. The number of hydrogen-bond donors (Lipinski definition) is 0. The van der Waals surface area contributed by atoms with Crippen LogP contribution >= 0.6 is 0 Å². The summed E-state index contributed by atoms with van der Waals surface area (Å²) in [6.07, 6.45) is 3.18. The predicted molar refractivity (Wildman–Crippen MR) is 89.5 cm³/mol. The molecule has 23 heavy (non-hydrogen) atoms. The molecule has 1 aromatic carbocycles. The fraction of sp³-hybridized carbons (Fsp3) is 0.474. The van der Waals surface area contributed by atoms with E-state index >= 15 is 0 Å². The Hall–Kier alpha value is -2.10. The van der Waals surface area contributed by atoms with Gasteiger partial charge >= 0.3 is 0 Å². The highest BCUT2D eigenvalue weighted by Crippen LogP contribution is 2.47. The minimum absolute atomic E-state index is 0.0594. The minimum atomic E-state index is 0.0594. The first-order chi connectivity index (χ1) is 11.0. The van der Waals surface area contributed by atoms with Crippen molar-refractivity contribution in [1.82, 2.24) is 9.47 Å². The maximum Gasteiger partial charge on any atom is 0.228 e. The van der Waals surface area contributed by atoms with E-state index in [-0.39, 0.29) is 17.9 Å². The molecule has 2 atom stereocenters. The van der Waals surface area contributed by atoms with E-state index in [1.54, 1.807) is 13.8 Å². The average molecular weight is 310 g/mol. The molecule has 0 N–H and O–H groups in total. The van der Waals surface area contributed by atoms with E-state index in [4.69, 9.17) is 0 Å². The molecule has 4 nitrogen and oxygen atoms in total. The fourth-order valence-electron chi connectivity index (χ4n) is 4.80. The molecule has 1 fully saturated rings. The van der Waals surface area contributed by atoms with Gasteiger partial charge in [0.2, 0.25) is 11.8 Å². The second kappa shape index (κ2) is 4.95. The van der Waals surface area contributed by atoms with Crippen LogP contribution in [-0.4, -0.2) is 27.8 Å². The van der Waals surface area contributed by atoms with Gasteiger partial charge in [0, 0.05) is 31.5 Å². The normalized spacial score (nSPS) is 23.0. The monoisotopic (exact) mass is 310 g/mol. The van der Waals surface area contributed by atoms with Crippen LogP contribution in [0.3, 0.4) is 0 Å². The molecule has 2 aliphatic rings. The molecule has 120 valence electrons. The molecule has 0 bridgehead atoms. The topological polar surface area (TPSA) is 42.3 Å². The maximum atomic E-state index is 12.1. The number of amides is 1. The number of nitrogens with zero attached hydrogens (tertiary/aromatic N) is 2. The van der Waals surface area contributed by atoms with Gasteiger partial charge in [0.15, 0.2) is 0 Å². The van der Waals surface area contributed by atoms with Gasteiger partial charge in [0.25, 0.3) is 0 Å². The SMILES string of the molecule is CC(=O)N1CCC[C@@H]2Cc3c(C)n(C(C)=O)c4cccc(c34)[C@@H]21. The number of piperidine rings is 1. The van der Waals surface area contributed by atoms with Gasteiger partial charge in [0.1, 0.15) is 0 Å². The molecule has 4 rings (SSSR count). The van der Waals surface area contributed by atoms with Gasteiger partial charge in [-0.2, -0.15) is 0 Å². The quantitative estimate of drug-likeness (QED) is 0.748. The summed E-state index contributed by atoms with van der Waals surface area (Å²) in [6, 6.07) is 6.36. The summed E-state index contributed by atoms with van der Waals surface area (Å²) >= 11 is 0. The van der Waals surface area contributed by atoms with Crippen LogP contribution in [0.2, 0.25) is 0 Å². The lowest BCUT2D eigenvalue weighted by atomic mass is 9.75. The largest absolute Gasteiger partial charge is 0.336 e. The third-order valence-corrected chi connectivity index (χ3v) is 5.65. The number of rotatable bonds is 0. The van der Waals surface area contributed by atoms with Crippen LogP contribution in [-0.2, 0) is 11.2 Å². The summed E-state index contributed by atoms with van der Waals surface area (Å²) in [5, 5.41) is 1.20. The molecule has 0 spiro atoms. The molecule has 2 heterocycles. The van der Waals surface area contributed by atoms with Gasteiger partial charge in [-0.3, -0.25) is 14.2 Å². The van der Waals surface area contributed by atoms with E-state index in [1.807, 2.05) is 28.5 Å².